The number of aliphatic imine (C=N–C) groups is 1. The second-order valence-electron chi connectivity index (χ2n) is 8.25. The van der Waals surface area contributed by atoms with Crippen LogP contribution in [0.15, 0.2) is 65.6 Å². The summed E-state index contributed by atoms with van der Waals surface area (Å²) >= 11 is 0. The van der Waals surface area contributed by atoms with E-state index in [9.17, 15) is 5.11 Å². The number of hydrogen-bond donors (Lipinski definition) is 3. The molecule has 0 unspecified atom stereocenters. The summed E-state index contributed by atoms with van der Waals surface area (Å²) in [5.74, 6) is 2.03. The van der Waals surface area contributed by atoms with E-state index in [-0.39, 0.29) is 12.1 Å². The van der Waals surface area contributed by atoms with Crippen LogP contribution in [0.2, 0.25) is 0 Å². The standard InChI is InChI=1S/C25H32N4O3/c1-5-24(26-6-2)32-20-12-10-18(11-13-20)14-25(3,4)27-15-19(30)17-31-23-9-7-8-22-21(23)16-28-29-22/h5-13,16,19,27,30H,14-15,17H2,1-4H3,(H,28,29)/b24-5+,26-6-/t19-/m0/s1. The van der Waals surface area contributed by atoms with Crippen molar-refractivity contribution in [3.05, 3.63) is 66.2 Å². The summed E-state index contributed by atoms with van der Waals surface area (Å²) in [5, 5.41) is 21.7. The molecule has 1 aromatic heterocycles. The molecule has 0 aliphatic carbocycles. The molecule has 0 bridgehead atoms. The second kappa shape index (κ2) is 10.9. The molecular weight excluding hydrogens is 404 g/mol. The molecule has 0 aliphatic rings. The van der Waals surface area contributed by atoms with Crippen LogP contribution in [0.5, 0.6) is 11.5 Å². The number of β-amino-alcohol motifs (C(OH)–C–C–N with tert-alkyl or cyclic N) is 1. The van der Waals surface area contributed by atoms with Gasteiger partial charge in [-0.15, -0.1) is 0 Å². The highest BCUT2D eigenvalue weighted by atomic mass is 16.5. The van der Waals surface area contributed by atoms with Crippen molar-refractivity contribution in [2.24, 2.45) is 4.99 Å². The predicted octanol–water partition coefficient (Wildman–Crippen LogP) is 4.24. The lowest BCUT2D eigenvalue weighted by molar-refractivity contribution is 0.0996. The van der Waals surface area contributed by atoms with Crippen LogP contribution in [0, 0.1) is 0 Å². The molecule has 32 heavy (non-hydrogen) atoms. The Labute approximate surface area is 189 Å². The SMILES string of the molecule is C/C=N\C(=C/C)Oc1ccc(CC(C)(C)NC[C@H](O)COc2cccc3[nH]ncc23)cc1. The number of nitrogens with zero attached hydrogens (tertiary/aromatic N) is 2. The van der Waals surface area contributed by atoms with E-state index in [0.717, 1.165) is 23.1 Å². The summed E-state index contributed by atoms with van der Waals surface area (Å²) in [5.41, 5.74) is 1.88. The van der Waals surface area contributed by atoms with Gasteiger partial charge in [0.1, 0.15) is 24.2 Å². The van der Waals surface area contributed by atoms with Gasteiger partial charge in [0.2, 0.25) is 5.88 Å². The number of rotatable bonds is 11. The maximum absolute atomic E-state index is 10.4. The Balaban J connectivity index is 1.47. The van der Waals surface area contributed by atoms with E-state index in [0.29, 0.717) is 18.2 Å². The zero-order valence-electron chi connectivity index (χ0n) is 19.1. The number of H-pyrrole nitrogens is 1. The van der Waals surface area contributed by atoms with Gasteiger partial charge in [0.25, 0.3) is 0 Å². The van der Waals surface area contributed by atoms with Gasteiger partial charge in [-0.1, -0.05) is 18.2 Å². The van der Waals surface area contributed by atoms with Crippen molar-refractivity contribution >= 4 is 17.1 Å². The van der Waals surface area contributed by atoms with Gasteiger partial charge in [-0.25, -0.2) is 4.99 Å². The maximum atomic E-state index is 10.4. The lowest BCUT2D eigenvalue weighted by atomic mass is 9.94. The summed E-state index contributed by atoms with van der Waals surface area (Å²) in [6.45, 7) is 8.61. The lowest BCUT2D eigenvalue weighted by Crippen LogP contribution is -2.46. The van der Waals surface area contributed by atoms with Crippen LogP contribution in [0.1, 0.15) is 33.3 Å². The molecular formula is C25H32N4O3. The Morgan fingerprint density at radius 2 is 2.00 bits per heavy atom. The number of aliphatic hydroxyl groups is 1. The first kappa shape index (κ1) is 23.5. The summed E-state index contributed by atoms with van der Waals surface area (Å²) in [7, 11) is 0. The fraction of sp³-hybridized carbons (Fsp3) is 0.360. The molecule has 7 nitrogen and oxygen atoms in total. The van der Waals surface area contributed by atoms with E-state index < -0.39 is 6.10 Å². The van der Waals surface area contributed by atoms with Crippen LogP contribution in [-0.4, -0.2) is 46.3 Å². The highest BCUT2D eigenvalue weighted by Crippen LogP contribution is 2.23. The first-order chi connectivity index (χ1) is 15.4. The van der Waals surface area contributed by atoms with Gasteiger partial charge in [-0.2, -0.15) is 5.10 Å². The minimum absolute atomic E-state index is 0.199. The minimum Gasteiger partial charge on any atom is -0.490 e. The van der Waals surface area contributed by atoms with Crippen LogP contribution in [0.4, 0.5) is 0 Å². The number of allylic oxidation sites excluding steroid dienone is 1. The number of benzene rings is 2. The fourth-order valence-electron chi connectivity index (χ4n) is 3.36. The van der Waals surface area contributed by atoms with Crippen LogP contribution in [0.25, 0.3) is 10.9 Å². The van der Waals surface area contributed by atoms with Crippen molar-refractivity contribution in [3.63, 3.8) is 0 Å². The fourth-order valence-corrected chi connectivity index (χ4v) is 3.36. The third kappa shape index (κ3) is 6.67. The van der Waals surface area contributed by atoms with Crippen LogP contribution in [0.3, 0.4) is 0 Å². The minimum atomic E-state index is -0.634. The highest BCUT2D eigenvalue weighted by molar-refractivity contribution is 5.84. The van der Waals surface area contributed by atoms with Crippen LogP contribution < -0.4 is 14.8 Å². The van der Waals surface area contributed by atoms with Crippen molar-refractivity contribution < 1.29 is 14.6 Å². The van der Waals surface area contributed by atoms with E-state index in [1.54, 1.807) is 12.4 Å². The van der Waals surface area contributed by atoms with Gasteiger partial charge in [-0.3, -0.25) is 5.10 Å². The Morgan fingerprint density at radius 1 is 1.22 bits per heavy atom. The molecule has 1 heterocycles. The molecule has 0 amide bonds. The normalized spacial score (nSPS) is 13.6. The molecule has 0 saturated heterocycles. The molecule has 0 radical (unpaired) electrons. The van der Waals surface area contributed by atoms with Crippen LogP contribution in [-0.2, 0) is 6.42 Å². The first-order valence-electron chi connectivity index (χ1n) is 10.8. The summed E-state index contributed by atoms with van der Waals surface area (Å²) < 4.78 is 11.6. The van der Waals surface area contributed by atoms with Crippen LogP contribution >= 0.6 is 0 Å². The topological polar surface area (TPSA) is 91.8 Å². The molecule has 0 fully saturated rings. The molecule has 3 aromatic rings. The average molecular weight is 437 g/mol. The molecule has 7 heteroatoms. The number of nitrogens with one attached hydrogen (secondary N) is 2. The van der Waals surface area contributed by atoms with Crippen molar-refractivity contribution in [1.82, 2.24) is 15.5 Å². The van der Waals surface area contributed by atoms with Gasteiger partial charge in [0, 0.05) is 18.3 Å². The molecule has 0 saturated carbocycles. The number of aromatic nitrogens is 2. The Hall–Kier alpha value is -3.16. The van der Waals surface area contributed by atoms with E-state index in [2.05, 4.69) is 34.4 Å². The third-order valence-corrected chi connectivity index (χ3v) is 4.99. The van der Waals surface area contributed by atoms with Gasteiger partial charge >= 0.3 is 0 Å². The van der Waals surface area contributed by atoms with Gasteiger partial charge < -0.3 is 19.9 Å². The van der Waals surface area contributed by atoms with Crippen molar-refractivity contribution in [2.45, 2.75) is 45.8 Å². The van der Waals surface area contributed by atoms with Gasteiger partial charge in [0.05, 0.1) is 17.1 Å². The van der Waals surface area contributed by atoms with E-state index >= 15 is 0 Å². The molecule has 2 aromatic carbocycles. The number of hydrogen-bond acceptors (Lipinski definition) is 6. The molecule has 0 aliphatic heterocycles. The first-order valence-corrected chi connectivity index (χ1v) is 10.8. The zero-order chi connectivity index (χ0) is 23.0. The lowest BCUT2D eigenvalue weighted by Gasteiger charge is -2.28. The zero-order valence-corrected chi connectivity index (χ0v) is 19.1. The molecule has 3 N–H and O–H groups in total. The summed E-state index contributed by atoms with van der Waals surface area (Å²) in [4.78, 5) is 4.17. The summed E-state index contributed by atoms with van der Waals surface area (Å²) in [6, 6.07) is 13.7. The third-order valence-electron chi connectivity index (χ3n) is 4.99. The Morgan fingerprint density at radius 3 is 2.72 bits per heavy atom. The van der Waals surface area contributed by atoms with Crippen molar-refractivity contribution in [1.29, 1.82) is 0 Å². The maximum Gasteiger partial charge on any atom is 0.214 e. The largest absolute Gasteiger partial charge is 0.490 e. The van der Waals surface area contributed by atoms with Crippen molar-refractivity contribution in [3.8, 4) is 11.5 Å². The van der Waals surface area contributed by atoms with Crippen molar-refractivity contribution in [2.75, 3.05) is 13.2 Å². The second-order valence-corrected chi connectivity index (χ2v) is 8.25. The Kier molecular flexibility index (Phi) is 8.03. The molecule has 0 spiro atoms. The van der Waals surface area contributed by atoms with Gasteiger partial charge in [0.15, 0.2) is 0 Å². The number of aliphatic hydroxyl groups excluding tert-OH is 1. The quantitative estimate of drug-likeness (QED) is 0.309. The number of fused-ring (bicyclic) bond motifs is 1. The monoisotopic (exact) mass is 436 g/mol. The van der Waals surface area contributed by atoms with E-state index in [4.69, 9.17) is 9.47 Å². The molecule has 3 rings (SSSR count). The van der Waals surface area contributed by atoms with E-state index in [1.807, 2.05) is 62.4 Å². The highest BCUT2D eigenvalue weighted by Gasteiger charge is 2.20. The predicted molar refractivity (Wildman–Crippen MR) is 128 cm³/mol. The number of ether oxygens (including phenoxy) is 2. The summed E-state index contributed by atoms with van der Waals surface area (Å²) in [6.07, 6.45) is 5.43. The van der Waals surface area contributed by atoms with Gasteiger partial charge in [-0.05, 0) is 70.0 Å². The van der Waals surface area contributed by atoms with E-state index in [1.165, 1.54) is 5.56 Å². The average Bonchev–Trinajstić information content (AvgIpc) is 3.26. The Bertz CT molecular complexity index is 1050. The molecule has 170 valence electrons. The smallest absolute Gasteiger partial charge is 0.214 e. The molecule has 1 atom stereocenters. The number of aromatic amines is 1.